The number of aromatic hydroxyl groups is 2. The minimum Gasteiger partial charge on any atom is -0.508 e. The minimum absolute atomic E-state index is 0.208. The van der Waals surface area contributed by atoms with E-state index in [0.717, 1.165) is 18.5 Å². The first-order chi connectivity index (χ1) is 9.62. The first-order valence-corrected chi connectivity index (χ1v) is 7.87. The van der Waals surface area contributed by atoms with E-state index in [1.165, 1.54) is 43.7 Å². The molecule has 3 aliphatic rings. The van der Waals surface area contributed by atoms with Crippen LogP contribution in [-0.4, -0.2) is 34.7 Å². The lowest BCUT2D eigenvalue weighted by atomic mass is 9.52. The smallest absolute Gasteiger partial charge is 0.122 e. The average molecular weight is 273 g/mol. The number of phenols is 2. The summed E-state index contributed by atoms with van der Waals surface area (Å²) < 4.78 is 0. The van der Waals surface area contributed by atoms with Gasteiger partial charge in [0.1, 0.15) is 11.5 Å². The highest BCUT2D eigenvalue weighted by Gasteiger charge is 2.53. The van der Waals surface area contributed by atoms with Crippen LogP contribution in [0.1, 0.15) is 43.2 Å². The zero-order valence-corrected chi connectivity index (χ0v) is 12.1. The third-order valence-electron chi connectivity index (χ3n) is 6.20. The maximum Gasteiger partial charge on any atom is 0.122 e. The van der Waals surface area contributed by atoms with Gasteiger partial charge in [-0.05, 0) is 62.4 Å². The molecular weight excluding hydrogens is 250 g/mol. The van der Waals surface area contributed by atoms with Crippen LogP contribution >= 0.6 is 0 Å². The number of nitrogens with zero attached hydrogens (tertiary/aromatic N) is 1. The third-order valence-corrected chi connectivity index (χ3v) is 6.20. The van der Waals surface area contributed by atoms with Crippen LogP contribution < -0.4 is 0 Å². The molecule has 1 saturated heterocycles. The maximum atomic E-state index is 10.3. The van der Waals surface area contributed by atoms with E-state index in [4.69, 9.17) is 0 Å². The number of hydrogen-bond acceptors (Lipinski definition) is 3. The summed E-state index contributed by atoms with van der Waals surface area (Å²) in [5.74, 6) is 1.21. The fourth-order valence-corrected chi connectivity index (χ4v) is 5.26. The Hall–Kier alpha value is -1.22. The predicted molar refractivity (Wildman–Crippen MR) is 78.1 cm³/mol. The SMILES string of the molecule is CN1CC[C@]23CCCC[C@H]2[C@H]1Cc1c(O)cc(O)cc13. The van der Waals surface area contributed by atoms with Crippen molar-refractivity contribution >= 4 is 0 Å². The summed E-state index contributed by atoms with van der Waals surface area (Å²) in [5.41, 5.74) is 2.56. The van der Waals surface area contributed by atoms with Crippen LogP contribution in [0.5, 0.6) is 11.5 Å². The standard InChI is InChI=1S/C17H23NO2/c1-18-7-6-17-5-3-2-4-13(17)15(18)10-12-14(17)8-11(19)9-16(12)20/h8-9,13,15,19-20H,2-7,10H2,1H3/t13-,15+,17+/m0/s1. The Morgan fingerprint density at radius 3 is 2.90 bits per heavy atom. The van der Waals surface area contributed by atoms with Gasteiger partial charge < -0.3 is 15.1 Å². The van der Waals surface area contributed by atoms with E-state index in [-0.39, 0.29) is 11.2 Å². The van der Waals surface area contributed by atoms with Crippen LogP contribution in [0.3, 0.4) is 0 Å². The van der Waals surface area contributed by atoms with Crippen LogP contribution in [-0.2, 0) is 11.8 Å². The number of likely N-dealkylation sites (tertiary alicyclic amines) is 1. The molecule has 20 heavy (non-hydrogen) atoms. The zero-order chi connectivity index (χ0) is 13.9. The van der Waals surface area contributed by atoms with E-state index in [0.29, 0.717) is 17.7 Å². The number of phenolic OH excluding ortho intramolecular Hbond substituents is 2. The quantitative estimate of drug-likeness (QED) is 0.764. The summed E-state index contributed by atoms with van der Waals surface area (Å²) >= 11 is 0. The molecule has 0 unspecified atom stereocenters. The van der Waals surface area contributed by atoms with Gasteiger partial charge in [-0.15, -0.1) is 0 Å². The van der Waals surface area contributed by atoms with Crippen molar-refractivity contribution in [2.45, 2.75) is 50.0 Å². The van der Waals surface area contributed by atoms with Crippen molar-refractivity contribution in [3.05, 3.63) is 23.3 Å². The highest BCUT2D eigenvalue weighted by atomic mass is 16.3. The number of fused-ring (bicyclic) bond motifs is 1. The zero-order valence-electron chi connectivity index (χ0n) is 12.1. The highest BCUT2D eigenvalue weighted by Crippen LogP contribution is 2.57. The molecule has 2 fully saturated rings. The Morgan fingerprint density at radius 1 is 1.20 bits per heavy atom. The molecule has 0 aromatic heterocycles. The van der Waals surface area contributed by atoms with E-state index < -0.39 is 0 Å². The second-order valence-electron chi connectivity index (χ2n) is 7.00. The van der Waals surface area contributed by atoms with E-state index in [1.54, 1.807) is 0 Å². The van der Waals surface area contributed by atoms with Gasteiger partial charge in [0, 0.05) is 17.5 Å². The van der Waals surface area contributed by atoms with Gasteiger partial charge in [-0.3, -0.25) is 0 Å². The summed E-state index contributed by atoms with van der Waals surface area (Å²) in [6.45, 7) is 1.14. The fraction of sp³-hybridized carbons (Fsp3) is 0.647. The largest absolute Gasteiger partial charge is 0.508 e. The third kappa shape index (κ3) is 1.50. The summed E-state index contributed by atoms with van der Waals surface area (Å²) in [6.07, 6.45) is 7.23. The average Bonchev–Trinajstić information content (AvgIpc) is 2.44. The van der Waals surface area contributed by atoms with Gasteiger partial charge in [0.25, 0.3) is 0 Å². The van der Waals surface area contributed by atoms with Crippen molar-refractivity contribution in [2.75, 3.05) is 13.6 Å². The van der Waals surface area contributed by atoms with Crippen LogP contribution in [0.2, 0.25) is 0 Å². The number of benzene rings is 1. The van der Waals surface area contributed by atoms with Crippen molar-refractivity contribution in [1.29, 1.82) is 0 Å². The summed E-state index contributed by atoms with van der Waals surface area (Å²) in [4.78, 5) is 2.49. The Morgan fingerprint density at radius 2 is 2.05 bits per heavy atom. The molecule has 3 nitrogen and oxygen atoms in total. The molecule has 0 spiro atoms. The second-order valence-corrected chi connectivity index (χ2v) is 7.00. The van der Waals surface area contributed by atoms with Gasteiger partial charge in [-0.2, -0.15) is 0 Å². The van der Waals surface area contributed by atoms with Crippen LogP contribution in [0.4, 0.5) is 0 Å². The lowest BCUT2D eigenvalue weighted by molar-refractivity contribution is 0.00214. The Labute approximate surface area is 120 Å². The highest BCUT2D eigenvalue weighted by molar-refractivity contribution is 5.52. The molecule has 4 rings (SSSR count). The molecule has 108 valence electrons. The van der Waals surface area contributed by atoms with Crippen molar-refractivity contribution in [3.8, 4) is 11.5 Å². The van der Waals surface area contributed by atoms with E-state index in [2.05, 4.69) is 11.9 Å². The van der Waals surface area contributed by atoms with Crippen molar-refractivity contribution in [1.82, 2.24) is 4.90 Å². The summed E-state index contributed by atoms with van der Waals surface area (Å²) in [6, 6.07) is 4.01. The molecule has 1 aliphatic heterocycles. The van der Waals surface area contributed by atoms with Gasteiger partial charge in [0.05, 0.1) is 0 Å². The normalized spacial score (nSPS) is 36.2. The van der Waals surface area contributed by atoms with Crippen LogP contribution in [0.25, 0.3) is 0 Å². The van der Waals surface area contributed by atoms with E-state index in [1.807, 2.05) is 6.07 Å². The Balaban J connectivity index is 1.94. The molecule has 3 heteroatoms. The van der Waals surface area contributed by atoms with Crippen LogP contribution in [0.15, 0.2) is 12.1 Å². The molecule has 1 saturated carbocycles. The molecule has 2 aliphatic carbocycles. The first-order valence-electron chi connectivity index (χ1n) is 7.87. The number of hydrogen-bond donors (Lipinski definition) is 2. The molecule has 2 bridgehead atoms. The molecule has 3 atom stereocenters. The van der Waals surface area contributed by atoms with Gasteiger partial charge in [0.2, 0.25) is 0 Å². The molecule has 2 N–H and O–H groups in total. The fourth-order valence-electron chi connectivity index (χ4n) is 5.26. The van der Waals surface area contributed by atoms with Gasteiger partial charge in [-0.1, -0.05) is 12.8 Å². The topological polar surface area (TPSA) is 43.7 Å². The van der Waals surface area contributed by atoms with Gasteiger partial charge in [0.15, 0.2) is 0 Å². The minimum atomic E-state index is 0.208. The van der Waals surface area contributed by atoms with E-state index >= 15 is 0 Å². The molecule has 1 heterocycles. The van der Waals surface area contributed by atoms with E-state index in [9.17, 15) is 10.2 Å². The second kappa shape index (κ2) is 4.14. The predicted octanol–water partition coefficient (Wildman–Crippen LogP) is 2.79. The summed E-state index contributed by atoms with van der Waals surface area (Å²) in [7, 11) is 2.23. The van der Waals surface area contributed by atoms with Gasteiger partial charge >= 0.3 is 0 Å². The lowest BCUT2D eigenvalue weighted by Gasteiger charge is -2.58. The lowest BCUT2D eigenvalue weighted by Crippen LogP contribution is -2.59. The molecule has 0 radical (unpaired) electrons. The Kier molecular flexibility index (Phi) is 2.59. The number of likely N-dealkylation sites (N-methyl/N-ethyl adjacent to an activating group) is 1. The van der Waals surface area contributed by atoms with Crippen molar-refractivity contribution in [2.24, 2.45) is 5.92 Å². The van der Waals surface area contributed by atoms with Crippen molar-refractivity contribution < 1.29 is 10.2 Å². The van der Waals surface area contributed by atoms with Crippen LogP contribution in [0, 0.1) is 5.92 Å². The molecule has 1 aromatic rings. The number of piperidine rings is 1. The molecule has 0 amide bonds. The summed E-state index contributed by atoms with van der Waals surface area (Å²) in [5, 5.41) is 20.2. The van der Waals surface area contributed by atoms with Crippen molar-refractivity contribution in [3.63, 3.8) is 0 Å². The number of rotatable bonds is 0. The first kappa shape index (κ1) is 12.5. The monoisotopic (exact) mass is 273 g/mol. The Bertz CT molecular complexity index is 556. The molecular formula is C17H23NO2. The maximum absolute atomic E-state index is 10.3. The van der Waals surface area contributed by atoms with Gasteiger partial charge in [-0.25, -0.2) is 0 Å². The molecule has 1 aromatic carbocycles.